The van der Waals surface area contributed by atoms with E-state index in [1.54, 1.807) is 4.90 Å². The van der Waals surface area contributed by atoms with Crippen molar-refractivity contribution in [3.8, 4) is 0 Å². The molecule has 2 aliphatic rings. The molecule has 1 aliphatic heterocycles. The Kier molecular flexibility index (Phi) is 4.79. The van der Waals surface area contributed by atoms with E-state index in [2.05, 4.69) is 46.0 Å². The maximum atomic E-state index is 11.5. The van der Waals surface area contributed by atoms with E-state index in [0.717, 1.165) is 25.7 Å². The van der Waals surface area contributed by atoms with Gasteiger partial charge in [0.15, 0.2) is 8.32 Å². The van der Waals surface area contributed by atoms with E-state index in [-0.39, 0.29) is 16.5 Å². The van der Waals surface area contributed by atoms with E-state index in [9.17, 15) is 9.90 Å². The fraction of sp³-hybridized carbons (Fsp3) is 0.824. The Morgan fingerprint density at radius 1 is 1.36 bits per heavy atom. The van der Waals surface area contributed by atoms with Crippen molar-refractivity contribution in [2.45, 2.75) is 70.6 Å². The Bertz CT molecular complexity index is 445. The Labute approximate surface area is 135 Å². The smallest absolute Gasteiger partial charge is 0.407 e. The molecular weight excluding hydrogens is 294 g/mol. The zero-order valence-electron chi connectivity index (χ0n) is 14.7. The van der Waals surface area contributed by atoms with Crippen molar-refractivity contribution in [2.24, 2.45) is 5.41 Å². The fourth-order valence-corrected chi connectivity index (χ4v) is 4.42. The lowest BCUT2D eigenvalue weighted by molar-refractivity contribution is 0.129. The molecule has 2 rings (SSSR count). The van der Waals surface area contributed by atoms with Crippen LogP contribution < -0.4 is 0 Å². The lowest BCUT2D eigenvalue weighted by Crippen LogP contribution is -2.42. The number of allylic oxidation sites excluding steroid dienone is 2. The van der Waals surface area contributed by atoms with Gasteiger partial charge in [0.25, 0.3) is 0 Å². The molecule has 5 heteroatoms. The number of hydrogen-bond acceptors (Lipinski definition) is 2. The van der Waals surface area contributed by atoms with Gasteiger partial charge in [0.05, 0.1) is 0 Å². The molecule has 0 aromatic heterocycles. The predicted octanol–water partition coefficient (Wildman–Crippen LogP) is 4.49. The Morgan fingerprint density at radius 3 is 2.45 bits per heavy atom. The van der Waals surface area contributed by atoms with Crippen LogP contribution in [0.15, 0.2) is 12.2 Å². The first-order chi connectivity index (χ1) is 10.1. The lowest BCUT2D eigenvalue weighted by Gasteiger charge is -2.36. The van der Waals surface area contributed by atoms with Gasteiger partial charge in [-0.15, -0.1) is 0 Å². The summed E-state index contributed by atoms with van der Waals surface area (Å²) in [7, 11) is -1.74. The van der Waals surface area contributed by atoms with Crippen molar-refractivity contribution in [3.05, 3.63) is 12.2 Å². The number of carboxylic acid groups (broad SMARTS) is 1. The van der Waals surface area contributed by atoms with Gasteiger partial charge in [-0.05, 0) is 49.2 Å². The molecule has 22 heavy (non-hydrogen) atoms. The third-order valence-corrected chi connectivity index (χ3v) is 10.4. The second kappa shape index (κ2) is 6.00. The average Bonchev–Trinajstić information content (AvgIpc) is 2.96. The van der Waals surface area contributed by atoms with E-state index in [1.165, 1.54) is 0 Å². The second-order valence-electron chi connectivity index (χ2n) is 8.55. The molecule has 1 amide bonds. The second-order valence-corrected chi connectivity index (χ2v) is 13.4. The van der Waals surface area contributed by atoms with Crippen LogP contribution in [0.5, 0.6) is 0 Å². The van der Waals surface area contributed by atoms with E-state index >= 15 is 0 Å². The van der Waals surface area contributed by atoms with Gasteiger partial charge in [0.1, 0.15) is 0 Å². The normalized spacial score (nSPS) is 24.4. The van der Waals surface area contributed by atoms with E-state index in [1.807, 2.05) is 0 Å². The molecule has 1 aliphatic carbocycles. The molecule has 0 bridgehead atoms. The number of nitrogens with zero attached hydrogens (tertiary/aromatic N) is 1. The Hall–Kier alpha value is -0.813. The summed E-state index contributed by atoms with van der Waals surface area (Å²) in [6.45, 7) is 12.6. The number of hydrogen-bond donors (Lipinski definition) is 1. The molecule has 126 valence electrons. The van der Waals surface area contributed by atoms with Gasteiger partial charge >= 0.3 is 6.09 Å². The highest BCUT2D eigenvalue weighted by atomic mass is 28.4. The standard InChI is InChI=1S/C17H31NO3Si/c1-16(2,3)22(4,5)21-11-8-14-12-17(9-6-7-10-17)13-18(14)15(19)20/h6-7,14H,8-13H2,1-5H3,(H,19,20)/t14-/m1/s1. The third kappa shape index (κ3) is 3.57. The van der Waals surface area contributed by atoms with Gasteiger partial charge in [0.2, 0.25) is 0 Å². The topological polar surface area (TPSA) is 49.8 Å². The molecule has 1 fully saturated rings. The van der Waals surface area contributed by atoms with Gasteiger partial charge in [-0.1, -0.05) is 32.9 Å². The molecule has 0 saturated carbocycles. The van der Waals surface area contributed by atoms with Crippen molar-refractivity contribution < 1.29 is 14.3 Å². The van der Waals surface area contributed by atoms with Crippen molar-refractivity contribution in [2.75, 3.05) is 13.2 Å². The van der Waals surface area contributed by atoms with E-state index in [0.29, 0.717) is 13.2 Å². The number of amides is 1. The predicted molar refractivity (Wildman–Crippen MR) is 91.7 cm³/mol. The molecule has 4 nitrogen and oxygen atoms in total. The highest BCUT2D eigenvalue weighted by molar-refractivity contribution is 6.74. The summed E-state index contributed by atoms with van der Waals surface area (Å²) >= 11 is 0. The number of likely N-dealkylation sites (tertiary alicyclic amines) is 1. The minimum Gasteiger partial charge on any atom is -0.465 e. The van der Waals surface area contributed by atoms with Crippen molar-refractivity contribution in [3.63, 3.8) is 0 Å². The first kappa shape index (κ1) is 17.5. The van der Waals surface area contributed by atoms with Crippen molar-refractivity contribution in [1.29, 1.82) is 0 Å². The molecule has 1 heterocycles. The van der Waals surface area contributed by atoms with Crippen LogP contribution >= 0.6 is 0 Å². The minimum atomic E-state index is -1.74. The molecule has 1 spiro atoms. The summed E-state index contributed by atoms with van der Waals surface area (Å²) in [6, 6.07) is 0.113. The summed E-state index contributed by atoms with van der Waals surface area (Å²) in [4.78, 5) is 13.2. The van der Waals surface area contributed by atoms with Crippen LogP contribution in [-0.4, -0.2) is 43.6 Å². The van der Waals surface area contributed by atoms with Crippen LogP contribution in [0.1, 0.15) is 46.5 Å². The highest BCUT2D eigenvalue weighted by Gasteiger charge is 2.46. The van der Waals surface area contributed by atoms with Crippen LogP contribution in [0.25, 0.3) is 0 Å². The quantitative estimate of drug-likeness (QED) is 0.612. The first-order valence-corrected chi connectivity index (χ1v) is 11.3. The largest absolute Gasteiger partial charge is 0.465 e. The summed E-state index contributed by atoms with van der Waals surface area (Å²) < 4.78 is 6.24. The molecule has 0 aromatic carbocycles. The van der Waals surface area contributed by atoms with Gasteiger partial charge < -0.3 is 14.4 Å². The maximum absolute atomic E-state index is 11.5. The van der Waals surface area contributed by atoms with Crippen LogP contribution in [0.2, 0.25) is 18.1 Å². The highest BCUT2D eigenvalue weighted by Crippen LogP contribution is 2.45. The summed E-state index contributed by atoms with van der Waals surface area (Å²) in [6.07, 6.45) is 7.48. The molecule has 1 N–H and O–H groups in total. The number of carbonyl (C=O) groups is 1. The molecule has 0 unspecified atom stereocenters. The van der Waals surface area contributed by atoms with Crippen LogP contribution in [0, 0.1) is 5.41 Å². The molecule has 1 saturated heterocycles. The Balaban J connectivity index is 1.92. The molecular formula is C17H31NO3Si. The average molecular weight is 326 g/mol. The molecule has 1 atom stereocenters. The molecule has 0 radical (unpaired) electrons. The zero-order chi connectivity index (χ0) is 16.6. The first-order valence-electron chi connectivity index (χ1n) is 8.35. The summed E-state index contributed by atoms with van der Waals surface area (Å²) in [5.74, 6) is 0. The van der Waals surface area contributed by atoms with Crippen LogP contribution in [-0.2, 0) is 4.43 Å². The SMILES string of the molecule is CC(C)(C)[Si](C)(C)OCC[C@@H]1CC2(CC=CC2)CN1C(=O)O. The van der Waals surface area contributed by atoms with Crippen molar-refractivity contribution in [1.82, 2.24) is 4.90 Å². The van der Waals surface area contributed by atoms with Crippen LogP contribution in [0.3, 0.4) is 0 Å². The minimum absolute atomic E-state index is 0.113. The van der Waals surface area contributed by atoms with Gasteiger partial charge in [-0.3, -0.25) is 0 Å². The summed E-state index contributed by atoms with van der Waals surface area (Å²) in [5, 5.41) is 9.69. The monoisotopic (exact) mass is 325 g/mol. The maximum Gasteiger partial charge on any atom is 0.407 e. The van der Waals surface area contributed by atoms with Crippen LogP contribution in [0.4, 0.5) is 4.79 Å². The van der Waals surface area contributed by atoms with E-state index < -0.39 is 14.4 Å². The lowest BCUT2D eigenvalue weighted by atomic mass is 9.83. The Morgan fingerprint density at radius 2 is 1.95 bits per heavy atom. The summed E-state index contributed by atoms with van der Waals surface area (Å²) in [5.41, 5.74) is 0.167. The van der Waals surface area contributed by atoms with E-state index in [4.69, 9.17) is 4.43 Å². The molecule has 0 aromatic rings. The van der Waals surface area contributed by atoms with Gasteiger partial charge in [-0.25, -0.2) is 4.79 Å². The fourth-order valence-electron chi connectivity index (χ4n) is 3.36. The van der Waals surface area contributed by atoms with Crippen molar-refractivity contribution >= 4 is 14.4 Å². The van der Waals surface area contributed by atoms with Gasteiger partial charge in [-0.2, -0.15) is 0 Å². The van der Waals surface area contributed by atoms with Gasteiger partial charge in [0, 0.05) is 19.2 Å². The number of rotatable bonds is 4. The third-order valence-electron chi connectivity index (χ3n) is 5.85. The zero-order valence-corrected chi connectivity index (χ0v) is 15.7.